The van der Waals surface area contributed by atoms with Crippen LogP contribution in [0.1, 0.15) is 37.3 Å². The highest BCUT2D eigenvalue weighted by Crippen LogP contribution is 2.35. The Morgan fingerprint density at radius 1 is 1.08 bits per heavy atom. The molecule has 0 aromatic heterocycles. The van der Waals surface area contributed by atoms with E-state index in [-0.39, 0.29) is 5.75 Å². The summed E-state index contributed by atoms with van der Waals surface area (Å²) in [7, 11) is 0. The minimum absolute atomic E-state index is 0.0407. The molecule has 2 aromatic carbocycles. The van der Waals surface area contributed by atoms with Gasteiger partial charge in [0.1, 0.15) is 0 Å². The maximum atomic E-state index is 12.7. The fraction of sp³-hybridized carbons (Fsp3) is 0.316. The maximum absolute atomic E-state index is 12.7. The van der Waals surface area contributed by atoms with Gasteiger partial charge in [0, 0.05) is 5.56 Å². The first-order chi connectivity index (χ1) is 11.8. The summed E-state index contributed by atoms with van der Waals surface area (Å²) in [4.78, 5) is 10.8. The van der Waals surface area contributed by atoms with Gasteiger partial charge in [-0.15, -0.1) is 0 Å². The second-order valence-corrected chi connectivity index (χ2v) is 5.71. The van der Waals surface area contributed by atoms with Crippen molar-refractivity contribution in [1.29, 1.82) is 0 Å². The van der Waals surface area contributed by atoms with E-state index in [1.807, 2.05) is 0 Å². The third kappa shape index (κ3) is 5.24. The Morgan fingerprint density at radius 3 is 2.32 bits per heavy atom. The van der Waals surface area contributed by atoms with Crippen LogP contribution in [0.2, 0.25) is 0 Å². The standard InChI is InChI=1S/C19H19F3O3/c1-2-3-4-5-13-6-11-17(25-18(23)24)16(12-13)14-7-9-15(10-8-14)19(20,21)22/h6-12H,2-5H2,1H3,(H,23,24)/p-1. The van der Waals surface area contributed by atoms with Crippen LogP contribution in [-0.2, 0) is 12.6 Å². The Kier molecular flexibility index (Phi) is 6.07. The second kappa shape index (κ2) is 8.05. The number of hydrogen-bond acceptors (Lipinski definition) is 3. The first-order valence-electron chi connectivity index (χ1n) is 8.00. The number of ether oxygens (including phenoxy) is 1. The summed E-state index contributed by atoms with van der Waals surface area (Å²) in [6, 6.07) is 9.53. The molecule has 0 saturated heterocycles. The quantitative estimate of drug-likeness (QED) is 0.426. The van der Waals surface area contributed by atoms with E-state index < -0.39 is 17.9 Å². The summed E-state index contributed by atoms with van der Waals surface area (Å²) in [5.74, 6) is 0.0407. The van der Waals surface area contributed by atoms with Crippen LogP contribution in [-0.4, -0.2) is 6.16 Å². The molecule has 0 heterocycles. The minimum Gasteiger partial charge on any atom is -0.513 e. The molecule has 25 heavy (non-hydrogen) atoms. The van der Waals surface area contributed by atoms with E-state index in [2.05, 4.69) is 11.7 Å². The van der Waals surface area contributed by atoms with Gasteiger partial charge in [0.05, 0.1) is 11.3 Å². The van der Waals surface area contributed by atoms with Crippen molar-refractivity contribution in [3.05, 3.63) is 53.6 Å². The number of carboxylic acid groups (broad SMARTS) is 1. The average molecular weight is 351 g/mol. The van der Waals surface area contributed by atoms with Crippen LogP contribution in [0.15, 0.2) is 42.5 Å². The Bertz CT molecular complexity index is 722. The summed E-state index contributed by atoms with van der Waals surface area (Å²) in [5.41, 5.74) is 1.07. The summed E-state index contributed by atoms with van der Waals surface area (Å²) >= 11 is 0. The normalized spacial score (nSPS) is 11.4. The predicted octanol–water partition coefficient (Wildman–Crippen LogP) is 4.83. The zero-order chi connectivity index (χ0) is 18.4. The minimum atomic E-state index is -4.43. The van der Waals surface area contributed by atoms with Gasteiger partial charge >= 0.3 is 6.18 Å². The smallest absolute Gasteiger partial charge is 0.416 e. The second-order valence-electron chi connectivity index (χ2n) is 5.71. The molecule has 6 heteroatoms. The van der Waals surface area contributed by atoms with Crippen LogP contribution < -0.4 is 9.84 Å². The van der Waals surface area contributed by atoms with E-state index in [1.54, 1.807) is 12.1 Å². The molecule has 134 valence electrons. The number of carbonyl (C=O) groups excluding carboxylic acids is 1. The first kappa shape index (κ1) is 18.8. The number of aryl methyl sites for hydroxylation is 1. The van der Waals surface area contributed by atoms with E-state index >= 15 is 0 Å². The lowest BCUT2D eigenvalue weighted by Crippen LogP contribution is -2.26. The van der Waals surface area contributed by atoms with Gasteiger partial charge in [-0.3, -0.25) is 0 Å². The van der Waals surface area contributed by atoms with Gasteiger partial charge in [-0.25, -0.2) is 0 Å². The molecular weight excluding hydrogens is 333 g/mol. The number of hydrogen-bond donors (Lipinski definition) is 0. The molecular formula is C19H18F3O3-. The first-order valence-corrected chi connectivity index (χ1v) is 8.00. The van der Waals surface area contributed by atoms with E-state index in [9.17, 15) is 23.1 Å². The van der Waals surface area contributed by atoms with E-state index in [0.29, 0.717) is 11.1 Å². The topological polar surface area (TPSA) is 49.4 Å². The highest BCUT2D eigenvalue weighted by molar-refractivity contribution is 5.74. The van der Waals surface area contributed by atoms with Crippen LogP contribution >= 0.6 is 0 Å². The Hall–Kier alpha value is -2.50. The zero-order valence-corrected chi connectivity index (χ0v) is 13.7. The van der Waals surface area contributed by atoms with Gasteiger partial charge in [-0.05, 0) is 48.2 Å². The van der Waals surface area contributed by atoms with Crippen molar-refractivity contribution in [2.75, 3.05) is 0 Å². The molecule has 0 bridgehead atoms. The van der Waals surface area contributed by atoms with Crippen LogP contribution in [0.4, 0.5) is 18.0 Å². The Balaban J connectivity index is 2.37. The van der Waals surface area contributed by atoms with Crippen LogP contribution in [0.25, 0.3) is 11.1 Å². The lowest BCUT2D eigenvalue weighted by atomic mass is 9.98. The lowest BCUT2D eigenvalue weighted by Gasteiger charge is -2.16. The van der Waals surface area contributed by atoms with E-state index in [4.69, 9.17) is 0 Å². The maximum Gasteiger partial charge on any atom is 0.416 e. The fourth-order valence-electron chi connectivity index (χ4n) is 2.55. The van der Waals surface area contributed by atoms with Gasteiger partial charge in [0.25, 0.3) is 6.16 Å². The van der Waals surface area contributed by atoms with Gasteiger partial charge in [0.15, 0.2) is 0 Å². The number of rotatable bonds is 6. The van der Waals surface area contributed by atoms with Crippen molar-refractivity contribution in [1.82, 2.24) is 0 Å². The molecule has 0 aliphatic carbocycles. The number of halogens is 3. The van der Waals surface area contributed by atoms with E-state index in [1.165, 1.54) is 18.2 Å². The van der Waals surface area contributed by atoms with Gasteiger partial charge in [0.2, 0.25) is 0 Å². The average Bonchev–Trinajstić information content (AvgIpc) is 2.55. The van der Waals surface area contributed by atoms with Crippen molar-refractivity contribution >= 4 is 6.16 Å². The highest BCUT2D eigenvalue weighted by Gasteiger charge is 2.30. The summed E-state index contributed by atoms with van der Waals surface area (Å²) < 4.78 is 42.8. The van der Waals surface area contributed by atoms with Crippen LogP contribution in [0.3, 0.4) is 0 Å². The molecule has 0 atom stereocenters. The number of carbonyl (C=O) groups is 1. The van der Waals surface area contributed by atoms with Gasteiger partial charge < -0.3 is 14.6 Å². The SMILES string of the molecule is CCCCCc1ccc(OC(=O)[O-])c(-c2ccc(C(F)(F)F)cc2)c1. The molecule has 0 unspecified atom stereocenters. The van der Waals surface area contributed by atoms with Crippen LogP contribution in [0.5, 0.6) is 5.75 Å². The van der Waals surface area contributed by atoms with Crippen molar-refractivity contribution in [3.8, 4) is 16.9 Å². The van der Waals surface area contributed by atoms with E-state index in [0.717, 1.165) is 43.4 Å². The van der Waals surface area contributed by atoms with Crippen molar-refractivity contribution in [2.24, 2.45) is 0 Å². The zero-order valence-electron chi connectivity index (χ0n) is 13.7. The molecule has 0 amide bonds. The van der Waals surface area contributed by atoms with Crippen molar-refractivity contribution in [2.45, 2.75) is 38.8 Å². The summed E-state index contributed by atoms with van der Waals surface area (Å²) in [6.07, 6.45) is -2.24. The molecule has 0 N–H and O–H groups in total. The number of unbranched alkanes of at least 4 members (excludes halogenated alkanes) is 2. The molecule has 0 aliphatic rings. The fourth-order valence-corrected chi connectivity index (χ4v) is 2.55. The Labute approximate surface area is 144 Å². The molecule has 0 spiro atoms. The molecule has 2 rings (SSSR count). The third-order valence-electron chi connectivity index (χ3n) is 3.83. The molecule has 0 aliphatic heterocycles. The largest absolute Gasteiger partial charge is 0.513 e. The van der Waals surface area contributed by atoms with Gasteiger partial charge in [-0.1, -0.05) is 38.0 Å². The molecule has 2 aromatic rings. The molecule has 0 saturated carbocycles. The molecule has 3 nitrogen and oxygen atoms in total. The number of alkyl halides is 3. The predicted molar refractivity (Wildman–Crippen MR) is 86.1 cm³/mol. The lowest BCUT2D eigenvalue weighted by molar-refractivity contribution is -0.271. The summed E-state index contributed by atoms with van der Waals surface area (Å²) in [6.45, 7) is 2.09. The van der Waals surface area contributed by atoms with Crippen molar-refractivity contribution < 1.29 is 27.8 Å². The Morgan fingerprint density at radius 2 is 1.76 bits per heavy atom. The summed E-state index contributed by atoms with van der Waals surface area (Å²) in [5, 5.41) is 10.8. The molecule has 0 fully saturated rings. The van der Waals surface area contributed by atoms with Crippen molar-refractivity contribution in [3.63, 3.8) is 0 Å². The highest BCUT2D eigenvalue weighted by atomic mass is 19.4. The monoisotopic (exact) mass is 351 g/mol. The molecule has 0 radical (unpaired) electrons. The number of benzene rings is 2. The van der Waals surface area contributed by atoms with Crippen LogP contribution in [0, 0.1) is 0 Å². The third-order valence-corrected chi connectivity index (χ3v) is 3.83. The van der Waals surface area contributed by atoms with Gasteiger partial charge in [-0.2, -0.15) is 13.2 Å².